The Morgan fingerprint density at radius 3 is 2.30 bits per heavy atom. The summed E-state index contributed by atoms with van der Waals surface area (Å²) in [6.45, 7) is 5.13. The molecule has 2 N–H and O–H groups in total. The molecule has 1 aliphatic rings. The summed E-state index contributed by atoms with van der Waals surface area (Å²) in [7, 11) is 4.09. The van der Waals surface area contributed by atoms with Gasteiger partial charge in [-0.2, -0.15) is 0 Å². The molecule has 0 aromatic carbocycles. The maximum atomic E-state index is 12.1. The Balaban J connectivity index is 2.52. The van der Waals surface area contributed by atoms with Crippen molar-refractivity contribution in [2.24, 2.45) is 5.92 Å². The first kappa shape index (κ1) is 16.8. The van der Waals surface area contributed by atoms with Crippen molar-refractivity contribution in [2.75, 3.05) is 27.2 Å². The Labute approximate surface area is 121 Å². The van der Waals surface area contributed by atoms with Crippen molar-refractivity contribution < 1.29 is 14.7 Å². The lowest BCUT2D eigenvalue weighted by Crippen LogP contribution is -2.53. The maximum Gasteiger partial charge on any atom is 0.326 e. The molecule has 2 atom stereocenters. The van der Waals surface area contributed by atoms with Crippen LogP contribution in [0.3, 0.4) is 0 Å². The second-order valence-corrected chi connectivity index (χ2v) is 5.83. The molecule has 0 aromatic heterocycles. The van der Waals surface area contributed by atoms with Crippen LogP contribution in [-0.2, 0) is 4.79 Å². The van der Waals surface area contributed by atoms with Gasteiger partial charge in [-0.3, -0.25) is 0 Å². The summed E-state index contributed by atoms with van der Waals surface area (Å²) in [6, 6.07) is -0.558. The predicted molar refractivity (Wildman–Crippen MR) is 77.7 cm³/mol. The molecular formula is C14H27N3O3. The van der Waals surface area contributed by atoms with E-state index in [4.69, 9.17) is 0 Å². The third-order valence-corrected chi connectivity index (χ3v) is 4.24. The monoisotopic (exact) mass is 285 g/mol. The number of carboxylic acid groups (broad SMARTS) is 1. The van der Waals surface area contributed by atoms with Crippen molar-refractivity contribution in [2.45, 2.75) is 45.2 Å². The molecule has 0 radical (unpaired) electrons. The molecular weight excluding hydrogens is 258 g/mol. The Bertz CT molecular complexity index is 339. The number of carbonyl (C=O) groups excluding carboxylic acids is 1. The minimum atomic E-state index is -0.962. The molecule has 0 bridgehead atoms. The highest BCUT2D eigenvalue weighted by molar-refractivity contribution is 5.82. The quantitative estimate of drug-likeness (QED) is 0.796. The van der Waals surface area contributed by atoms with Crippen LogP contribution in [0.25, 0.3) is 0 Å². The number of likely N-dealkylation sites (tertiary alicyclic amines) is 1. The highest BCUT2D eigenvalue weighted by Gasteiger charge is 2.29. The van der Waals surface area contributed by atoms with Crippen molar-refractivity contribution in [1.29, 1.82) is 0 Å². The van der Waals surface area contributed by atoms with E-state index in [-0.39, 0.29) is 11.9 Å². The fourth-order valence-electron chi connectivity index (χ4n) is 2.49. The van der Waals surface area contributed by atoms with Gasteiger partial charge in [0.2, 0.25) is 0 Å². The number of carboxylic acids is 1. The molecule has 1 rings (SSSR count). The van der Waals surface area contributed by atoms with E-state index in [1.807, 2.05) is 27.9 Å². The number of urea groups is 1. The average molecular weight is 285 g/mol. The first-order valence-electron chi connectivity index (χ1n) is 7.31. The number of amides is 2. The fourth-order valence-corrected chi connectivity index (χ4v) is 2.49. The number of hydrogen-bond acceptors (Lipinski definition) is 3. The standard InChI is InChI=1S/C14H27N3O3/c1-5-10(2)12(13(18)19)15-14(20)17-8-6-11(7-9-17)16(3)4/h10-12H,5-9H2,1-4H3,(H,15,20)(H,18,19)/t10-,12-/m0/s1. The first-order valence-corrected chi connectivity index (χ1v) is 7.31. The van der Waals surface area contributed by atoms with Crippen molar-refractivity contribution >= 4 is 12.0 Å². The summed E-state index contributed by atoms with van der Waals surface area (Å²) in [4.78, 5) is 27.3. The number of carbonyl (C=O) groups is 2. The first-order chi connectivity index (χ1) is 9.36. The Morgan fingerprint density at radius 1 is 1.35 bits per heavy atom. The zero-order chi connectivity index (χ0) is 15.3. The third kappa shape index (κ3) is 4.37. The molecule has 1 fully saturated rings. The molecule has 1 saturated heterocycles. The molecule has 0 aromatic rings. The van der Waals surface area contributed by atoms with E-state index in [0.717, 1.165) is 19.3 Å². The van der Waals surface area contributed by atoms with E-state index in [1.54, 1.807) is 4.90 Å². The van der Waals surface area contributed by atoms with Gasteiger partial charge in [-0.15, -0.1) is 0 Å². The van der Waals surface area contributed by atoms with Crippen LogP contribution in [0.15, 0.2) is 0 Å². The van der Waals surface area contributed by atoms with Gasteiger partial charge in [-0.25, -0.2) is 9.59 Å². The number of rotatable bonds is 5. The summed E-state index contributed by atoms with van der Waals surface area (Å²) < 4.78 is 0. The van der Waals surface area contributed by atoms with Crippen LogP contribution in [0.2, 0.25) is 0 Å². The number of nitrogens with zero attached hydrogens (tertiary/aromatic N) is 2. The number of nitrogens with one attached hydrogen (secondary N) is 1. The van der Waals surface area contributed by atoms with Gasteiger partial charge in [0.1, 0.15) is 6.04 Å². The van der Waals surface area contributed by atoms with Gasteiger partial charge in [-0.1, -0.05) is 20.3 Å². The van der Waals surface area contributed by atoms with Crippen molar-refractivity contribution in [1.82, 2.24) is 15.1 Å². The topological polar surface area (TPSA) is 72.9 Å². The zero-order valence-electron chi connectivity index (χ0n) is 12.9. The summed E-state index contributed by atoms with van der Waals surface area (Å²) >= 11 is 0. The Hall–Kier alpha value is -1.30. The third-order valence-electron chi connectivity index (χ3n) is 4.24. The number of piperidine rings is 1. The molecule has 0 saturated carbocycles. The zero-order valence-corrected chi connectivity index (χ0v) is 12.9. The normalized spacial score (nSPS) is 19.8. The SMILES string of the molecule is CC[C@H](C)[C@H](NC(=O)N1CCC(N(C)C)CC1)C(=O)O. The van der Waals surface area contributed by atoms with Crippen molar-refractivity contribution in [3.63, 3.8) is 0 Å². The highest BCUT2D eigenvalue weighted by Crippen LogP contribution is 2.15. The molecule has 116 valence electrons. The van der Waals surface area contributed by atoms with Gasteiger partial charge in [-0.05, 0) is 32.9 Å². The lowest BCUT2D eigenvalue weighted by atomic mass is 9.99. The van der Waals surface area contributed by atoms with Crippen LogP contribution < -0.4 is 5.32 Å². The van der Waals surface area contributed by atoms with E-state index in [1.165, 1.54) is 0 Å². The summed E-state index contributed by atoms with van der Waals surface area (Å²) in [5.74, 6) is -1.04. The van der Waals surface area contributed by atoms with E-state index in [2.05, 4.69) is 10.2 Å². The molecule has 20 heavy (non-hydrogen) atoms. The molecule has 6 heteroatoms. The van der Waals surface area contributed by atoms with E-state index in [0.29, 0.717) is 19.1 Å². The van der Waals surface area contributed by atoms with Crippen LogP contribution in [0.5, 0.6) is 0 Å². The molecule has 0 spiro atoms. The molecule has 2 amide bonds. The van der Waals surface area contributed by atoms with Crippen LogP contribution >= 0.6 is 0 Å². The van der Waals surface area contributed by atoms with Gasteiger partial charge in [0.15, 0.2) is 0 Å². The van der Waals surface area contributed by atoms with Gasteiger partial charge in [0, 0.05) is 19.1 Å². The lowest BCUT2D eigenvalue weighted by Gasteiger charge is -2.36. The fraction of sp³-hybridized carbons (Fsp3) is 0.857. The predicted octanol–water partition coefficient (Wildman–Crippen LogP) is 1.22. The van der Waals surface area contributed by atoms with Gasteiger partial charge < -0.3 is 20.2 Å². The Morgan fingerprint density at radius 2 is 1.90 bits per heavy atom. The minimum Gasteiger partial charge on any atom is -0.480 e. The highest BCUT2D eigenvalue weighted by atomic mass is 16.4. The van der Waals surface area contributed by atoms with Crippen molar-refractivity contribution in [3.8, 4) is 0 Å². The molecule has 0 unspecified atom stereocenters. The van der Waals surface area contributed by atoms with Crippen LogP contribution in [0.1, 0.15) is 33.1 Å². The number of aliphatic carboxylic acids is 1. The van der Waals surface area contributed by atoms with Gasteiger partial charge >= 0.3 is 12.0 Å². The summed E-state index contributed by atoms with van der Waals surface area (Å²) in [5.41, 5.74) is 0. The summed E-state index contributed by atoms with van der Waals surface area (Å²) in [6.07, 6.45) is 2.59. The second kappa shape index (κ2) is 7.47. The van der Waals surface area contributed by atoms with Crippen LogP contribution in [0, 0.1) is 5.92 Å². The largest absolute Gasteiger partial charge is 0.480 e. The molecule has 1 heterocycles. The van der Waals surface area contributed by atoms with E-state index in [9.17, 15) is 14.7 Å². The van der Waals surface area contributed by atoms with E-state index >= 15 is 0 Å². The van der Waals surface area contributed by atoms with Crippen LogP contribution in [-0.4, -0.2) is 66.2 Å². The molecule has 1 aliphatic heterocycles. The lowest BCUT2D eigenvalue weighted by molar-refractivity contribution is -0.140. The summed E-state index contributed by atoms with van der Waals surface area (Å²) in [5, 5.41) is 11.9. The minimum absolute atomic E-state index is 0.0734. The molecule has 0 aliphatic carbocycles. The number of hydrogen-bond donors (Lipinski definition) is 2. The average Bonchev–Trinajstić information content (AvgIpc) is 2.43. The van der Waals surface area contributed by atoms with Crippen LogP contribution in [0.4, 0.5) is 4.79 Å². The smallest absolute Gasteiger partial charge is 0.326 e. The van der Waals surface area contributed by atoms with Gasteiger partial charge in [0.05, 0.1) is 0 Å². The Kier molecular flexibility index (Phi) is 6.26. The van der Waals surface area contributed by atoms with E-state index < -0.39 is 12.0 Å². The van der Waals surface area contributed by atoms with Gasteiger partial charge in [0.25, 0.3) is 0 Å². The maximum absolute atomic E-state index is 12.1. The molecule has 6 nitrogen and oxygen atoms in total. The second-order valence-electron chi connectivity index (χ2n) is 5.83. The van der Waals surface area contributed by atoms with Crippen molar-refractivity contribution in [3.05, 3.63) is 0 Å².